The maximum absolute atomic E-state index is 11.4. The first-order chi connectivity index (χ1) is 12.7. The summed E-state index contributed by atoms with van der Waals surface area (Å²) in [7, 11) is 0. The minimum Gasteiger partial charge on any atom is -0.502 e. The van der Waals surface area contributed by atoms with Gasteiger partial charge in [-0.05, 0) is 25.1 Å². The molecule has 0 radical (unpaired) electrons. The standard InChI is InChI=1S/C19H20O8/c1-10-7-12(26-18(10)23)8-19(2,24)14(20)9-25-13-5-3-11-4-6-15(21)27-17(11)16(13)22/h3-6,12,14,20,22,24H,1,7-9H2,2H3/t12-,14+,19+/m1/s1. The quantitative estimate of drug-likeness (QED) is 0.391. The number of aliphatic hydroxyl groups is 2. The number of aromatic hydroxyl groups is 1. The number of rotatable bonds is 6. The molecule has 0 saturated carbocycles. The van der Waals surface area contributed by atoms with E-state index < -0.39 is 29.4 Å². The van der Waals surface area contributed by atoms with Crippen molar-refractivity contribution in [2.45, 2.75) is 37.6 Å². The highest BCUT2D eigenvalue weighted by atomic mass is 16.6. The predicted molar refractivity (Wildman–Crippen MR) is 94.5 cm³/mol. The van der Waals surface area contributed by atoms with Crippen molar-refractivity contribution in [2.75, 3.05) is 6.61 Å². The van der Waals surface area contributed by atoms with E-state index in [4.69, 9.17) is 13.9 Å². The molecule has 1 saturated heterocycles. The molecule has 27 heavy (non-hydrogen) atoms. The summed E-state index contributed by atoms with van der Waals surface area (Å²) in [6, 6.07) is 5.78. The molecule has 2 aromatic rings. The molecule has 1 aliphatic rings. The molecule has 0 amide bonds. The second-order valence-electron chi connectivity index (χ2n) is 6.81. The van der Waals surface area contributed by atoms with Gasteiger partial charge in [0.05, 0.1) is 5.60 Å². The number of hydrogen-bond acceptors (Lipinski definition) is 8. The number of hydrogen-bond donors (Lipinski definition) is 3. The molecular formula is C19H20O8. The lowest BCUT2D eigenvalue weighted by Gasteiger charge is -2.30. The molecule has 8 heteroatoms. The predicted octanol–water partition coefficient (Wildman–Crippen LogP) is 1.25. The van der Waals surface area contributed by atoms with Crippen molar-refractivity contribution in [2.24, 2.45) is 0 Å². The van der Waals surface area contributed by atoms with E-state index >= 15 is 0 Å². The lowest BCUT2D eigenvalue weighted by Crippen LogP contribution is -2.45. The Labute approximate surface area is 154 Å². The smallest absolute Gasteiger partial charge is 0.336 e. The summed E-state index contributed by atoms with van der Waals surface area (Å²) in [5, 5.41) is 31.5. The number of phenolic OH excluding ortho intramolecular Hbond substituents is 1. The highest BCUT2D eigenvalue weighted by molar-refractivity contribution is 5.89. The number of ether oxygens (including phenoxy) is 2. The molecule has 0 bridgehead atoms. The maximum Gasteiger partial charge on any atom is 0.336 e. The zero-order chi connectivity index (χ0) is 19.8. The zero-order valence-corrected chi connectivity index (χ0v) is 14.7. The molecule has 2 heterocycles. The van der Waals surface area contributed by atoms with Crippen LogP contribution in [0.3, 0.4) is 0 Å². The summed E-state index contributed by atoms with van der Waals surface area (Å²) in [6.07, 6.45) is -1.62. The van der Waals surface area contributed by atoms with Crippen molar-refractivity contribution in [3.05, 3.63) is 46.8 Å². The van der Waals surface area contributed by atoms with Gasteiger partial charge in [0.25, 0.3) is 0 Å². The van der Waals surface area contributed by atoms with Crippen LogP contribution in [0.25, 0.3) is 11.0 Å². The zero-order valence-electron chi connectivity index (χ0n) is 14.7. The van der Waals surface area contributed by atoms with Crippen molar-refractivity contribution in [1.29, 1.82) is 0 Å². The minimum atomic E-state index is -1.60. The Morgan fingerprint density at radius 3 is 2.70 bits per heavy atom. The first-order valence-corrected chi connectivity index (χ1v) is 8.35. The molecule has 0 unspecified atom stereocenters. The molecule has 144 valence electrons. The van der Waals surface area contributed by atoms with Gasteiger partial charge in [0.2, 0.25) is 5.75 Å². The molecule has 0 aliphatic carbocycles. The average Bonchev–Trinajstić information content (AvgIpc) is 2.91. The van der Waals surface area contributed by atoms with E-state index in [1.165, 1.54) is 25.1 Å². The largest absolute Gasteiger partial charge is 0.502 e. The van der Waals surface area contributed by atoms with Gasteiger partial charge >= 0.3 is 11.6 Å². The molecule has 0 spiro atoms. The number of aliphatic hydroxyl groups excluding tert-OH is 1. The maximum atomic E-state index is 11.4. The van der Waals surface area contributed by atoms with E-state index in [9.17, 15) is 24.9 Å². The Kier molecular flexibility index (Phi) is 4.95. The van der Waals surface area contributed by atoms with Crippen LogP contribution in [-0.4, -0.2) is 45.7 Å². The van der Waals surface area contributed by atoms with Crippen LogP contribution in [0.15, 0.2) is 45.6 Å². The van der Waals surface area contributed by atoms with Gasteiger partial charge in [0.1, 0.15) is 18.8 Å². The normalized spacial score (nSPS) is 20.3. The Bertz CT molecular complexity index is 926. The van der Waals surface area contributed by atoms with Crippen molar-refractivity contribution < 1.29 is 34.0 Å². The Morgan fingerprint density at radius 1 is 1.33 bits per heavy atom. The Morgan fingerprint density at radius 2 is 2.04 bits per heavy atom. The van der Waals surface area contributed by atoms with Crippen LogP contribution < -0.4 is 10.4 Å². The van der Waals surface area contributed by atoms with Gasteiger partial charge in [-0.2, -0.15) is 0 Å². The van der Waals surface area contributed by atoms with Crippen LogP contribution in [-0.2, 0) is 9.53 Å². The molecule has 1 aromatic heterocycles. The summed E-state index contributed by atoms with van der Waals surface area (Å²) in [6.45, 7) is 4.63. The van der Waals surface area contributed by atoms with Crippen molar-refractivity contribution >= 4 is 16.9 Å². The van der Waals surface area contributed by atoms with E-state index in [0.717, 1.165) is 0 Å². The third kappa shape index (κ3) is 3.96. The first kappa shape index (κ1) is 18.9. The number of phenols is 1. The number of carbonyl (C=O) groups excluding carboxylic acids is 1. The molecule has 1 aliphatic heterocycles. The number of fused-ring (bicyclic) bond motifs is 1. The van der Waals surface area contributed by atoms with Gasteiger partial charge < -0.3 is 29.2 Å². The van der Waals surface area contributed by atoms with Crippen LogP contribution in [0.5, 0.6) is 11.5 Å². The van der Waals surface area contributed by atoms with Gasteiger partial charge in [-0.1, -0.05) is 6.58 Å². The fourth-order valence-electron chi connectivity index (χ4n) is 2.91. The van der Waals surface area contributed by atoms with Crippen molar-refractivity contribution in [1.82, 2.24) is 0 Å². The van der Waals surface area contributed by atoms with Gasteiger partial charge in [-0.25, -0.2) is 9.59 Å². The molecule has 3 rings (SSSR count). The Balaban J connectivity index is 1.67. The van der Waals surface area contributed by atoms with Crippen LogP contribution in [0.4, 0.5) is 0 Å². The van der Waals surface area contributed by atoms with E-state index in [0.29, 0.717) is 11.0 Å². The van der Waals surface area contributed by atoms with Crippen LogP contribution >= 0.6 is 0 Å². The fourth-order valence-corrected chi connectivity index (χ4v) is 2.91. The molecule has 3 atom stereocenters. The average molecular weight is 376 g/mol. The number of benzene rings is 1. The fraction of sp³-hybridized carbons (Fsp3) is 0.368. The van der Waals surface area contributed by atoms with Gasteiger partial charge in [0, 0.05) is 29.9 Å². The second-order valence-corrected chi connectivity index (χ2v) is 6.81. The summed E-state index contributed by atoms with van der Waals surface area (Å²) in [4.78, 5) is 22.7. The van der Waals surface area contributed by atoms with E-state index in [1.54, 1.807) is 6.07 Å². The summed E-state index contributed by atoms with van der Waals surface area (Å²) < 4.78 is 15.4. The first-order valence-electron chi connectivity index (χ1n) is 8.35. The topological polar surface area (TPSA) is 126 Å². The SMILES string of the molecule is C=C1C[C@H](C[C@](C)(O)[C@@H](O)COc2ccc3ccc(=O)oc3c2O)OC1=O. The van der Waals surface area contributed by atoms with Crippen molar-refractivity contribution in [3.63, 3.8) is 0 Å². The molecule has 3 N–H and O–H groups in total. The third-order valence-corrected chi connectivity index (χ3v) is 4.52. The number of cyclic esters (lactones) is 1. The van der Waals surface area contributed by atoms with Gasteiger partial charge in [-0.15, -0.1) is 0 Å². The van der Waals surface area contributed by atoms with E-state index in [1.807, 2.05) is 0 Å². The van der Waals surface area contributed by atoms with E-state index in [2.05, 4.69) is 6.58 Å². The highest BCUT2D eigenvalue weighted by Crippen LogP contribution is 2.34. The van der Waals surface area contributed by atoms with Gasteiger partial charge in [0.15, 0.2) is 11.3 Å². The molecular weight excluding hydrogens is 356 g/mol. The highest BCUT2D eigenvalue weighted by Gasteiger charge is 2.38. The number of esters is 1. The van der Waals surface area contributed by atoms with Crippen LogP contribution in [0.2, 0.25) is 0 Å². The van der Waals surface area contributed by atoms with Gasteiger partial charge in [-0.3, -0.25) is 0 Å². The van der Waals surface area contributed by atoms with Crippen molar-refractivity contribution in [3.8, 4) is 11.5 Å². The molecule has 1 fully saturated rings. The summed E-state index contributed by atoms with van der Waals surface area (Å²) in [5.41, 5.74) is -1.93. The van der Waals surface area contributed by atoms with Crippen LogP contribution in [0, 0.1) is 0 Å². The third-order valence-electron chi connectivity index (χ3n) is 4.52. The monoisotopic (exact) mass is 376 g/mol. The lowest BCUT2D eigenvalue weighted by atomic mass is 9.91. The molecule has 1 aromatic carbocycles. The molecule has 8 nitrogen and oxygen atoms in total. The minimum absolute atomic E-state index is 0.000857. The summed E-state index contributed by atoms with van der Waals surface area (Å²) in [5.74, 6) is -0.894. The summed E-state index contributed by atoms with van der Waals surface area (Å²) >= 11 is 0. The second kappa shape index (κ2) is 7.05. The lowest BCUT2D eigenvalue weighted by molar-refractivity contribution is -0.144. The van der Waals surface area contributed by atoms with E-state index in [-0.39, 0.29) is 36.5 Å². The number of carbonyl (C=O) groups is 1. The Hall–Kier alpha value is -2.84. The van der Waals surface area contributed by atoms with Crippen LogP contribution in [0.1, 0.15) is 19.8 Å².